The van der Waals surface area contributed by atoms with E-state index in [4.69, 9.17) is 9.47 Å². The van der Waals surface area contributed by atoms with E-state index in [1.807, 2.05) is 43.3 Å². The topological polar surface area (TPSA) is 35.5 Å². The van der Waals surface area contributed by atoms with Crippen molar-refractivity contribution in [2.75, 3.05) is 13.2 Å². The summed E-state index contributed by atoms with van der Waals surface area (Å²) in [7, 11) is 0. The third kappa shape index (κ3) is 6.40. The summed E-state index contributed by atoms with van der Waals surface area (Å²) in [6, 6.07) is 18.6. The van der Waals surface area contributed by atoms with Crippen LogP contribution in [0.2, 0.25) is 0 Å². The van der Waals surface area contributed by atoms with Crippen molar-refractivity contribution in [3.8, 4) is 5.75 Å². The van der Waals surface area contributed by atoms with Gasteiger partial charge in [-0.25, -0.2) is 4.79 Å². The highest BCUT2D eigenvalue weighted by atomic mass is 16.5. The van der Waals surface area contributed by atoms with E-state index in [-0.39, 0.29) is 11.9 Å². The van der Waals surface area contributed by atoms with Gasteiger partial charge < -0.3 is 9.47 Å². The van der Waals surface area contributed by atoms with Crippen molar-refractivity contribution in [3.63, 3.8) is 0 Å². The second kappa shape index (κ2) is 11.1. The Kier molecular flexibility index (Phi) is 8.47. The number of carbonyl (C=O) groups excluding carboxylic acids is 1. The number of hydrogen-bond acceptors (Lipinski definition) is 3. The average molecular weight is 352 g/mol. The summed E-state index contributed by atoms with van der Waals surface area (Å²) in [6.07, 6.45) is 6.33. The van der Waals surface area contributed by atoms with Crippen molar-refractivity contribution in [1.82, 2.24) is 0 Å². The van der Waals surface area contributed by atoms with Gasteiger partial charge >= 0.3 is 5.97 Å². The average Bonchev–Trinajstić information content (AvgIpc) is 2.67. The third-order valence-electron chi connectivity index (χ3n) is 4.16. The molecule has 3 nitrogen and oxygen atoms in total. The molecule has 0 radical (unpaired) electrons. The van der Waals surface area contributed by atoms with Gasteiger partial charge in [-0.15, -0.1) is 0 Å². The number of rotatable bonds is 10. The standard InChI is InChI=1S/C23H28O3/c1-3-5-18-26-21-16-14-20(15-17-21)22(19-10-7-6-8-11-19)12-9-13-23(24)25-4-2/h6-11,13-17,22H,3-5,12,18H2,1-2H3. The summed E-state index contributed by atoms with van der Waals surface area (Å²) < 4.78 is 10.7. The summed E-state index contributed by atoms with van der Waals surface area (Å²) in [5.74, 6) is 0.793. The lowest BCUT2D eigenvalue weighted by atomic mass is 9.88. The van der Waals surface area contributed by atoms with Gasteiger partial charge in [0, 0.05) is 12.0 Å². The van der Waals surface area contributed by atoms with Crippen LogP contribution >= 0.6 is 0 Å². The van der Waals surface area contributed by atoms with Crippen LogP contribution in [0.15, 0.2) is 66.7 Å². The number of benzene rings is 2. The molecule has 0 heterocycles. The molecule has 0 fully saturated rings. The SMILES string of the molecule is CCCCOc1ccc(C(CC=CC(=O)OCC)c2ccccc2)cc1. The van der Waals surface area contributed by atoms with E-state index in [1.165, 1.54) is 17.2 Å². The summed E-state index contributed by atoms with van der Waals surface area (Å²) >= 11 is 0. The number of allylic oxidation sites excluding steroid dienone is 1. The third-order valence-corrected chi connectivity index (χ3v) is 4.16. The van der Waals surface area contributed by atoms with Gasteiger partial charge in [0.2, 0.25) is 0 Å². The van der Waals surface area contributed by atoms with E-state index in [1.54, 1.807) is 0 Å². The minimum absolute atomic E-state index is 0.187. The van der Waals surface area contributed by atoms with Gasteiger partial charge in [-0.2, -0.15) is 0 Å². The van der Waals surface area contributed by atoms with Gasteiger partial charge in [0.1, 0.15) is 5.75 Å². The Labute approximate surface area is 156 Å². The molecule has 2 aromatic carbocycles. The Bertz CT molecular complexity index is 674. The molecule has 0 N–H and O–H groups in total. The monoisotopic (exact) mass is 352 g/mol. The Hall–Kier alpha value is -2.55. The largest absolute Gasteiger partial charge is 0.494 e. The molecule has 0 aliphatic rings. The van der Waals surface area contributed by atoms with Crippen LogP contribution in [0.3, 0.4) is 0 Å². The van der Waals surface area contributed by atoms with Crippen LogP contribution in [-0.2, 0) is 9.53 Å². The Morgan fingerprint density at radius 3 is 2.35 bits per heavy atom. The number of ether oxygens (including phenoxy) is 2. The minimum atomic E-state index is -0.293. The molecule has 0 saturated heterocycles. The summed E-state index contributed by atoms with van der Waals surface area (Å²) in [5, 5.41) is 0. The van der Waals surface area contributed by atoms with Crippen LogP contribution in [0.25, 0.3) is 0 Å². The lowest BCUT2D eigenvalue weighted by Crippen LogP contribution is -2.02. The van der Waals surface area contributed by atoms with Crippen molar-refractivity contribution in [2.24, 2.45) is 0 Å². The van der Waals surface area contributed by atoms with Crippen LogP contribution in [0.1, 0.15) is 50.2 Å². The lowest BCUT2D eigenvalue weighted by Gasteiger charge is -2.17. The second-order valence-electron chi connectivity index (χ2n) is 6.12. The van der Waals surface area contributed by atoms with Crippen LogP contribution in [0, 0.1) is 0 Å². The van der Waals surface area contributed by atoms with Crippen molar-refractivity contribution < 1.29 is 14.3 Å². The first kappa shape index (κ1) is 19.8. The zero-order chi connectivity index (χ0) is 18.6. The highest BCUT2D eigenvalue weighted by Crippen LogP contribution is 2.29. The van der Waals surface area contributed by atoms with E-state index in [9.17, 15) is 4.79 Å². The zero-order valence-corrected chi connectivity index (χ0v) is 15.7. The smallest absolute Gasteiger partial charge is 0.330 e. The maximum Gasteiger partial charge on any atom is 0.330 e. The van der Waals surface area contributed by atoms with Crippen molar-refractivity contribution in [1.29, 1.82) is 0 Å². The van der Waals surface area contributed by atoms with Gasteiger partial charge in [-0.05, 0) is 43.0 Å². The van der Waals surface area contributed by atoms with Crippen LogP contribution in [-0.4, -0.2) is 19.2 Å². The minimum Gasteiger partial charge on any atom is -0.494 e. The van der Waals surface area contributed by atoms with Crippen molar-refractivity contribution in [2.45, 2.75) is 39.0 Å². The van der Waals surface area contributed by atoms with E-state index >= 15 is 0 Å². The first-order chi connectivity index (χ1) is 12.7. The van der Waals surface area contributed by atoms with Crippen molar-refractivity contribution in [3.05, 3.63) is 77.9 Å². The highest BCUT2D eigenvalue weighted by molar-refractivity contribution is 5.81. The highest BCUT2D eigenvalue weighted by Gasteiger charge is 2.13. The second-order valence-corrected chi connectivity index (χ2v) is 6.12. The lowest BCUT2D eigenvalue weighted by molar-refractivity contribution is -0.137. The number of hydrogen-bond donors (Lipinski definition) is 0. The normalized spacial score (nSPS) is 12.1. The molecule has 0 amide bonds. The first-order valence-electron chi connectivity index (χ1n) is 9.35. The van der Waals surface area contributed by atoms with Crippen LogP contribution < -0.4 is 4.74 Å². The van der Waals surface area contributed by atoms with Gasteiger partial charge in [-0.1, -0.05) is 61.9 Å². The Morgan fingerprint density at radius 2 is 1.69 bits per heavy atom. The summed E-state index contributed by atoms with van der Waals surface area (Å²) in [5.41, 5.74) is 2.42. The van der Waals surface area contributed by atoms with Crippen LogP contribution in [0.5, 0.6) is 5.75 Å². The Balaban J connectivity index is 2.12. The molecular weight excluding hydrogens is 324 g/mol. The molecule has 26 heavy (non-hydrogen) atoms. The van der Waals surface area contributed by atoms with Gasteiger partial charge in [0.25, 0.3) is 0 Å². The first-order valence-corrected chi connectivity index (χ1v) is 9.35. The molecule has 0 aliphatic carbocycles. The molecule has 0 aromatic heterocycles. The van der Waals surface area contributed by atoms with E-state index in [2.05, 4.69) is 31.2 Å². The Morgan fingerprint density at radius 1 is 1.00 bits per heavy atom. The molecule has 3 heteroatoms. The molecular formula is C23H28O3. The summed E-state index contributed by atoms with van der Waals surface area (Å²) in [4.78, 5) is 11.5. The molecule has 1 atom stereocenters. The van der Waals surface area contributed by atoms with Gasteiger partial charge in [-0.3, -0.25) is 0 Å². The van der Waals surface area contributed by atoms with E-state index in [0.29, 0.717) is 6.61 Å². The predicted molar refractivity (Wildman–Crippen MR) is 106 cm³/mol. The maximum atomic E-state index is 11.5. The molecule has 0 spiro atoms. The molecule has 0 bridgehead atoms. The van der Waals surface area contributed by atoms with E-state index < -0.39 is 0 Å². The van der Waals surface area contributed by atoms with E-state index in [0.717, 1.165) is 31.6 Å². The fraction of sp³-hybridized carbons (Fsp3) is 0.348. The zero-order valence-electron chi connectivity index (χ0n) is 15.7. The number of carbonyl (C=O) groups is 1. The number of unbranched alkanes of at least 4 members (excludes halogenated alkanes) is 1. The predicted octanol–water partition coefficient (Wildman–Crippen LogP) is 5.51. The maximum absolute atomic E-state index is 11.5. The molecule has 138 valence electrons. The number of esters is 1. The van der Waals surface area contributed by atoms with Crippen LogP contribution in [0.4, 0.5) is 0 Å². The fourth-order valence-corrected chi connectivity index (χ4v) is 2.77. The quantitative estimate of drug-likeness (QED) is 0.321. The van der Waals surface area contributed by atoms with Gasteiger partial charge in [0.05, 0.1) is 13.2 Å². The molecule has 2 rings (SSSR count). The molecule has 1 unspecified atom stereocenters. The van der Waals surface area contributed by atoms with Crippen molar-refractivity contribution >= 4 is 5.97 Å². The molecule has 0 saturated carbocycles. The molecule has 2 aromatic rings. The van der Waals surface area contributed by atoms with Gasteiger partial charge in [0.15, 0.2) is 0 Å². The summed E-state index contributed by atoms with van der Waals surface area (Å²) in [6.45, 7) is 5.11. The fourth-order valence-electron chi connectivity index (χ4n) is 2.77. The molecule has 0 aliphatic heterocycles.